The van der Waals surface area contributed by atoms with Gasteiger partial charge in [0.1, 0.15) is 0 Å². The summed E-state index contributed by atoms with van der Waals surface area (Å²) in [5, 5.41) is 13.8. The van der Waals surface area contributed by atoms with Crippen LogP contribution < -0.4 is 10.1 Å². The molecule has 1 aliphatic rings. The van der Waals surface area contributed by atoms with Crippen molar-refractivity contribution >= 4 is 11.5 Å². The highest BCUT2D eigenvalue weighted by Crippen LogP contribution is 2.35. The van der Waals surface area contributed by atoms with Gasteiger partial charge in [-0.05, 0) is 12.3 Å². The van der Waals surface area contributed by atoms with Gasteiger partial charge in [-0.3, -0.25) is 10.1 Å². The minimum absolute atomic E-state index is 0.0140. The minimum Gasteiger partial charge on any atom is -0.481 e. The number of rotatable bonds is 4. The quantitative estimate of drug-likeness (QED) is 0.622. The fourth-order valence-corrected chi connectivity index (χ4v) is 1.50. The number of aromatic nitrogens is 1. The van der Waals surface area contributed by atoms with Gasteiger partial charge in [-0.25, -0.2) is 0 Å². The smallest absolute Gasteiger partial charge is 0.311 e. The van der Waals surface area contributed by atoms with Gasteiger partial charge >= 0.3 is 5.69 Å². The summed E-state index contributed by atoms with van der Waals surface area (Å²) in [6.07, 6.45) is 1.02. The number of hydrogen-bond acceptors (Lipinski definition) is 5. The van der Waals surface area contributed by atoms with Crippen molar-refractivity contribution in [1.82, 2.24) is 4.98 Å². The predicted octanol–water partition coefficient (Wildman–Crippen LogP) is 1.82. The third-order valence-corrected chi connectivity index (χ3v) is 2.69. The molecule has 6 heteroatoms. The first kappa shape index (κ1) is 10.7. The van der Waals surface area contributed by atoms with Crippen LogP contribution in [0.5, 0.6) is 5.88 Å². The summed E-state index contributed by atoms with van der Waals surface area (Å²) in [5.74, 6) is 1.22. The lowest BCUT2D eigenvalue weighted by Crippen LogP contribution is -2.08. The van der Waals surface area contributed by atoms with Crippen LogP contribution in [0.15, 0.2) is 12.1 Å². The van der Waals surface area contributed by atoms with Gasteiger partial charge in [0.25, 0.3) is 0 Å². The molecule has 0 radical (unpaired) electrons. The largest absolute Gasteiger partial charge is 0.481 e. The summed E-state index contributed by atoms with van der Waals surface area (Å²) >= 11 is 0. The van der Waals surface area contributed by atoms with E-state index in [9.17, 15) is 10.1 Å². The number of hydrogen-bond donors (Lipinski definition) is 1. The maximum atomic E-state index is 10.8. The first-order valence-corrected chi connectivity index (χ1v) is 5.07. The van der Waals surface area contributed by atoms with Gasteiger partial charge in [-0.15, -0.1) is 0 Å². The Morgan fingerprint density at radius 1 is 1.62 bits per heavy atom. The van der Waals surface area contributed by atoms with Crippen LogP contribution in [0.2, 0.25) is 0 Å². The van der Waals surface area contributed by atoms with Gasteiger partial charge in [-0.2, -0.15) is 4.98 Å². The van der Waals surface area contributed by atoms with Crippen molar-refractivity contribution in [3.05, 3.63) is 22.2 Å². The molecule has 0 saturated heterocycles. The van der Waals surface area contributed by atoms with E-state index in [0.29, 0.717) is 23.7 Å². The van der Waals surface area contributed by atoms with Crippen LogP contribution in [-0.4, -0.2) is 23.1 Å². The maximum absolute atomic E-state index is 10.8. The molecular weight excluding hydrogens is 210 g/mol. The molecule has 1 N–H and O–H groups in total. The Morgan fingerprint density at radius 2 is 2.31 bits per heavy atom. The van der Waals surface area contributed by atoms with E-state index in [2.05, 4.69) is 17.2 Å². The maximum Gasteiger partial charge on any atom is 0.311 e. The fraction of sp³-hybridized carbons (Fsp3) is 0.500. The number of anilines is 1. The Kier molecular flexibility index (Phi) is 2.64. The van der Waals surface area contributed by atoms with E-state index < -0.39 is 4.92 Å². The highest BCUT2D eigenvalue weighted by molar-refractivity contribution is 5.58. The van der Waals surface area contributed by atoms with E-state index in [1.54, 1.807) is 0 Å². The zero-order valence-corrected chi connectivity index (χ0v) is 9.14. The Hall–Kier alpha value is -1.85. The predicted molar refractivity (Wildman–Crippen MR) is 58.6 cm³/mol. The summed E-state index contributed by atoms with van der Waals surface area (Å²) in [5.41, 5.74) is -0.0140. The van der Waals surface area contributed by atoms with E-state index in [1.807, 2.05) is 0 Å². The molecule has 0 aliphatic heterocycles. The number of nitrogens with one attached hydrogen (secondary N) is 1. The molecule has 1 aliphatic carbocycles. The van der Waals surface area contributed by atoms with Crippen LogP contribution in [0.3, 0.4) is 0 Å². The van der Waals surface area contributed by atoms with Crippen LogP contribution in [-0.2, 0) is 0 Å². The Bertz CT molecular complexity index is 422. The molecule has 0 amide bonds. The Labute approximate surface area is 92.8 Å². The molecule has 1 aromatic heterocycles. The van der Waals surface area contributed by atoms with Crippen LogP contribution in [0.25, 0.3) is 0 Å². The second-order valence-corrected chi connectivity index (χ2v) is 3.94. The van der Waals surface area contributed by atoms with Crippen molar-refractivity contribution in [2.75, 3.05) is 12.4 Å². The van der Waals surface area contributed by atoms with Gasteiger partial charge in [0.2, 0.25) is 11.7 Å². The average molecular weight is 223 g/mol. The molecule has 86 valence electrons. The van der Waals surface area contributed by atoms with Gasteiger partial charge in [0, 0.05) is 18.2 Å². The normalized spacial score (nSPS) is 22.6. The zero-order chi connectivity index (χ0) is 11.7. The summed E-state index contributed by atoms with van der Waals surface area (Å²) in [6, 6.07) is 3.18. The van der Waals surface area contributed by atoms with Crippen molar-refractivity contribution in [3.8, 4) is 5.88 Å². The molecule has 2 atom stereocenters. The lowest BCUT2D eigenvalue weighted by atomic mass is 10.3. The molecule has 2 unspecified atom stereocenters. The summed E-state index contributed by atoms with van der Waals surface area (Å²) in [7, 11) is 1.48. The van der Waals surface area contributed by atoms with Gasteiger partial charge in [0.05, 0.1) is 12.0 Å². The molecular formula is C10H13N3O3. The third-order valence-electron chi connectivity index (χ3n) is 2.69. The first-order valence-electron chi connectivity index (χ1n) is 5.07. The molecule has 0 bridgehead atoms. The molecule has 1 saturated carbocycles. The van der Waals surface area contributed by atoms with Crippen molar-refractivity contribution in [1.29, 1.82) is 0 Å². The van der Waals surface area contributed by atoms with Gasteiger partial charge in [-0.1, -0.05) is 6.92 Å². The van der Waals surface area contributed by atoms with Crippen LogP contribution in [0.1, 0.15) is 13.3 Å². The lowest BCUT2D eigenvalue weighted by molar-refractivity contribution is -0.384. The van der Waals surface area contributed by atoms with E-state index in [-0.39, 0.29) is 5.69 Å². The zero-order valence-electron chi connectivity index (χ0n) is 9.14. The van der Waals surface area contributed by atoms with Crippen molar-refractivity contribution < 1.29 is 9.66 Å². The fourth-order valence-electron chi connectivity index (χ4n) is 1.50. The molecule has 0 spiro atoms. The molecule has 6 nitrogen and oxygen atoms in total. The highest BCUT2D eigenvalue weighted by atomic mass is 16.6. The molecule has 1 fully saturated rings. The van der Waals surface area contributed by atoms with Crippen LogP contribution in [0, 0.1) is 16.0 Å². The van der Waals surface area contributed by atoms with Gasteiger partial charge < -0.3 is 10.1 Å². The van der Waals surface area contributed by atoms with Crippen molar-refractivity contribution in [3.63, 3.8) is 0 Å². The van der Waals surface area contributed by atoms with Crippen molar-refractivity contribution in [2.45, 2.75) is 19.4 Å². The SMILES string of the molecule is COc1ccc([N+](=O)[O-])c(NC2CC2C)n1. The molecule has 0 aromatic carbocycles. The third kappa shape index (κ3) is 2.05. The highest BCUT2D eigenvalue weighted by Gasteiger charge is 2.34. The molecule has 1 heterocycles. The van der Waals surface area contributed by atoms with Crippen molar-refractivity contribution in [2.24, 2.45) is 5.92 Å². The monoisotopic (exact) mass is 223 g/mol. The summed E-state index contributed by atoms with van der Waals surface area (Å²) in [6.45, 7) is 2.09. The molecule has 1 aromatic rings. The second kappa shape index (κ2) is 3.96. The number of nitro groups is 1. The number of pyridine rings is 1. The summed E-state index contributed by atoms with van der Waals surface area (Å²) in [4.78, 5) is 14.4. The molecule has 2 rings (SSSR count). The Balaban J connectivity index is 2.26. The number of ether oxygens (including phenoxy) is 1. The second-order valence-electron chi connectivity index (χ2n) is 3.94. The Morgan fingerprint density at radius 3 is 2.81 bits per heavy atom. The standard InChI is InChI=1S/C10H13N3O3/c1-6-5-7(6)11-10-8(13(14)15)3-4-9(12-10)16-2/h3-4,6-7H,5H2,1-2H3,(H,11,12). The van der Waals surface area contributed by atoms with E-state index in [4.69, 9.17) is 4.74 Å². The van der Waals surface area contributed by atoms with Crippen LogP contribution in [0.4, 0.5) is 11.5 Å². The lowest BCUT2D eigenvalue weighted by Gasteiger charge is -2.06. The first-order chi connectivity index (χ1) is 7.61. The molecule has 16 heavy (non-hydrogen) atoms. The van der Waals surface area contributed by atoms with E-state index in [0.717, 1.165) is 6.42 Å². The summed E-state index contributed by atoms with van der Waals surface area (Å²) < 4.78 is 4.94. The van der Waals surface area contributed by atoms with E-state index in [1.165, 1.54) is 19.2 Å². The minimum atomic E-state index is -0.443. The van der Waals surface area contributed by atoms with Crippen LogP contribution >= 0.6 is 0 Å². The number of nitrogens with zero attached hydrogens (tertiary/aromatic N) is 2. The van der Waals surface area contributed by atoms with E-state index >= 15 is 0 Å². The average Bonchev–Trinajstić information content (AvgIpc) is 2.93. The van der Waals surface area contributed by atoms with Gasteiger partial charge in [0.15, 0.2) is 0 Å². The topological polar surface area (TPSA) is 77.3 Å². The number of methoxy groups -OCH3 is 1.